The highest BCUT2D eigenvalue weighted by atomic mass is 19.2. The Hall–Kier alpha value is -1.51. The van der Waals surface area contributed by atoms with Gasteiger partial charge in [0.2, 0.25) is 0 Å². The summed E-state index contributed by atoms with van der Waals surface area (Å²) >= 11 is 0. The van der Waals surface area contributed by atoms with Crippen LogP contribution in [0, 0.1) is 18.6 Å². The van der Waals surface area contributed by atoms with Gasteiger partial charge in [-0.15, -0.1) is 0 Å². The van der Waals surface area contributed by atoms with Crippen LogP contribution in [0.5, 0.6) is 0 Å². The van der Waals surface area contributed by atoms with Crippen LogP contribution in [0.15, 0.2) is 24.3 Å². The predicted octanol–water partition coefficient (Wildman–Crippen LogP) is 2.82. The minimum absolute atomic E-state index is 0.0972. The number of nitrogens with zero attached hydrogens (tertiary/aromatic N) is 1. The van der Waals surface area contributed by atoms with E-state index in [0.717, 1.165) is 6.07 Å². The monoisotopic (exact) mass is 179 g/mol. The van der Waals surface area contributed by atoms with Gasteiger partial charge in [-0.2, -0.15) is 0 Å². The molecule has 2 aromatic rings. The van der Waals surface area contributed by atoms with Crippen LogP contribution in [0.3, 0.4) is 0 Å². The number of rotatable bonds is 0. The number of fused-ring (bicyclic) bond motifs is 1. The van der Waals surface area contributed by atoms with Crippen molar-refractivity contribution in [2.24, 2.45) is 0 Å². The standard InChI is InChI=1S/C10H7F2N/c1-6-2-3-7-4-5-8(11)9(12)10(7)13-6/h2-5H,1H3. The fourth-order valence-electron chi connectivity index (χ4n) is 1.23. The first-order valence-electron chi connectivity index (χ1n) is 3.90. The van der Waals surface area contributed by atoms with Crippen LogP contribution < -0.4 is 0 Å². The lowest BCUT2D eigenvalue weighted by Gasteiger charge is -2.00. The van der Waals surface area contributed by atoms with Gasteiger partial charge in [0.25, 0.3) is 0 Å². The van der Waals surface area contributed by atoms with Gasteiger partial charge < -0.3 is 0 Å². The van der Waals surface area contributed by atoms with Crippen LogP contribution in [-0.2, 0) is 0 Å². The summed E-state index contributed by atoms with van der Waals surface area (Å²) < 4.78 is 25.9. The molecule has 2 rings (SSSR count). The third kappa shape index (κ3) is 1.26. The maximum Gasteiger partial charge on any atom is 0.184 e. The molecule has 0 bridgehead atoms. The normalized spacial score (nSPS) is 10.7. The van der Waals surface area contributed by atoms with E-state index < -0.39 is 11.6 Å². The Morgan fingerprint density at radius 2 is 1.77 bits per heavy atom. The first kappa shape index (κ1) is 8.10. The van der Waals surface area contributed by atoms with Crippen molar-refractivity contribution in [3.8, 4) is 0 Å². The molecule has 1 nitrogen and oxygen atoms in total. The number of benzene rings is 1. The van der Waals surface area contributed by atoms with E-state index in [-0.39, 0.29) is 5.52 Å². The van der Waals surface area contributed by atoms with Crippen LogP contribution in [0.25, 0.3) is 10.9 Å². The number of aryl methyl sites for hydroxylation is 1. The van der Waals surface area contributed by atoms with E-state index in [1.807, 2.05) is 0 Å². The average Bonchev–Trinajstić information content (AvgIpc) is 2.12. The van der Waals surface area contributed by atoms with Crippen molar-refractivity contribution in [2.75, 3.05) is 0 Å². The van der Waals surface area contributed by atoms with Crippen LogP contribution in [0.2, 0.25) is 0 Å². The van der Waals surface area contributed by atoms with E-state index in [1.54, 1.807) is 19.1 Å². The van der Waals surface area contributed by atoms with Crippen molar-refractivity contribution in [3.05, 3.63) is 41.6 Å². The van der Waals surface area contributed by atoms with Crippen molar-refractivity contribution in [2.45, 2.75) is 6.92 Å². The minimum atomic E-state index is -0.874. The molecule has 0 aliphatic carbocycles. The number of hydrogen-bond donors (Lipinski definition) is 0. The quantitative estimate of drug-likeness (QED) is 0.606. The Morgan fingerprint density at radius 3 is 2.54 bits per heavy atom. The Balaban J connectivity index is 2.89. The Bertz CT molecular complexity index is 460. The largest absolute Gasteiger partial charge is 0.250 e. The summed E-state index contributed by atoms with van der Waals surface area (Å²) in [4.78, 5) is 3.92. The molecule has 0 aliphatic rings. The summed E-state index contributed by atoms with van der Waals surface area (Å²) in [5, 5.41) is 0.615. The molecule has 66 valence electrons. The zero-order valence-corrected chi connectivity index (χ0v) is 7.01. The Labute approximate surface area is 74.0 Å². The molecular weight excluding hydrogens is 172 g/mol. The number of pyridine rings is 1. The molecule has 0 unspecified atom stereocenters. The van der Waals surface area contributed by atoms with Gasteiger partial charge in [-0.1, -0.05) is 6.07 Å². The summed E-state index contributed by atoms with van der Waals surface area (Å²) in [6.45, 7) is 1.74. The van der Waals surface area contributed by atoms with Crippen LogP contribution in [0.1, 0.15) is 5.69 Å². The topological polar surface area (TPSA) is 12.9 Å². The summed E-state index contributed by atoms with van der Waals surface area (Å²) in [6, 6.07) is 6.11. The van der Waals surface area contributed by atoms with Gasteiger partial charge in [0, 0.05) is 11.1 Å². The second kappa shape index (κ2) is 2.76. The second-order valence-corrected chi connectivity index (χ2v) is 2.89. The van der Waals surface area contributed by atoms with E-state index in [1.165, 1.54) is 6.07 Å². The van der Waals surface area contributed by atoms with Crippen LogP contribution >= 0.6 is 0 Å². The van der Waals surface area contributed by atoms with Gasteiger partial charge in [0.05, 0.1) is 0 Å². The molecule has 0 fully saturated rings. The van der Waals surface area contributed by atoms with Gasteiger partial charge in [-0.05, 0) is 25.1 Å². The minimum Gasteiger partial charge on any atom is -0.250 e. The molecule has 0 radical (unpaired) electrons. The summed E-state index contributed by atoms with van der Waals surface area (Å²) in [5.74, 6) is -1.73. The van der Waals surface area contributed by atoms with Gasteiger partial charge in [0.15, 0.2) is 11.6 Å². The second-order valence-electron chi connectivity index (χ2n) is 2.89. The molecule has 0 atom stereocenters. The van der Waals surface area contributed by atoms with E-state index >= 15 is 0 Å². The van der Waals surface area contributed by atoms with Crippen LogP contribution in [-0.4, -0.2) is 4.98 Å². The molecule has 0 N–H and O–H groups in total. The lowest BCUT2D eigenvalue weighted by Crippen LogP contribution is -1.90. The Morgan fingerprint density at radius 1 is 1.08 bits per heavy atom. The number of hydrogen-bond acceptors (Lipinski definition) is 1. The van der Waals surface area contributed by atoms with E-state index in [4.69, 9.17) is 0 Å². The molecule has 1 aromatic carbocycles. The van der Waals surface area contributed by atoms with E-state index in [9.17, 15) is 8.78 Å². The smallest absolute Gasteiger partial charge is 0.184 e. The van der Waals surface area contributed by atoms with E-state index in [0.29, 0.717) is 11.1 Å². The molecule has 1 heterocycles. The third-order valence-corrected chi connectivity index (χ3v) is 1.89. The Kier molecular flexibility index (Phi) is 1.72. The molecule has 0 aliphatic heterocycles. The first-order valence-corrected chi connectivity index (χ1v) is 3.90. The maximum atomic E-state index is 13.1. The molecule has 0 amide bonds. The molecule has 1 aromatic heterocycles. The molecule has 0 saturated carbocycles. The predicted molar refractivity (Wildman–Crippen MR) is 46.4 cm³/mol. The molecule has 0 saturated heterocycles. The zero-order valence-electron chi connectivity index (χ0n) is 7.01. The number of halogens is 2. The van der Waals surface area contributed by atoms with Gasteiger partial charge in [-0.25, -0.2) is 13.8 Å². The summed E-state index contributed by atoms with van der Waals surface area (Å²) in [5.41, 5.74) is 0.775. The van der Waals surface area contributed by atoms with E-state index in [2.05, 4.69) is 4.98 Å². The third-order valence-electron chi connectivity index (χ3n) is 1.89. The average molecular weight is 179 g/mol. The van der Waals surface area contributed by atoms with Crippen molar-refractivity contribution >= 4 is 10.9 Å². The number of aromatic nitrogens is 1. The van der Waals surface area contributed by atoms with Crippen molar-refractivity contribution in [1.29, 1.82) is 0 Å². The lowest BCUT2D eigenvalue weighted by molar-refractivity contribution is 0.515. The zero-order chi connectivity index (χ0) is 9.42. The maximum absolute atomic E-state index is 13.1. The molecule has 0 spiro atoms. The lowest BCUT2D eigenvalue weighted by atomic mass is 10.2. The van der Waals surface area contributed by atoms with Crippen molar-refractivity contribution < 1.29 is 8.78 Å². The highest BCUT2D eigenvalue weighted by Crippen LogP contribution is 2.18. The molecular formula is C10H7F2N. The summed E-state index contributed by atoms with van der Waals surface area (Å²) in [6.07, 6.45) is 0. The highest BCUT2D eigenvalue weighted by Gasteiger charge is 2.07. The highest BCUT2D eigenvalue weighted by molar-refractivity contribution is 5.79. The molecule has 3 heteroatoms. The first-order chi connectivity index (χ1) is 6.18. The molecule has 13 heavy (non-hydrogen) atoms. The van der Waals surface area contributed by atoms with Crippen molar-refractivity contribution in [3.63, 3.8) is 0 Å². The van der Waals surface area contributed by atoms with Crippen molar-refractivity contribution in [1.82, 2.24) is 4.98 Å². The fourth-order valence-corrected chi connectivity index (χ4v) is 1.23. The van der Waals surface area contributed by atoms with Gasteiger partial charge in [0.1, 0.15) is 5.52 Å². The fraction of sp³-hybridized carbons (Fsp3) is 0.100. The van der Waals surface area contributed by atoms with Gasteiger partial charge in [-0.3, -0.25) is 0 Å². The van der Waals surface area contributed by atoms with Gasteiger partial charge >= 0.3 is 0 Å². The summed E-state index contributed by atoms with van der Waals surface area (Å²) in [7, 11) is 0. The SMILES string of the molecule is Cc1ccc2ccc(F)c(F)c2n1. The van der Waals surface area contributed by atoms with Crippen LogP contribution in [0.4, 0.5) is 8.78 Å².